The normalized spacial score (nSPS) is 10.6. The van der Waals surface area contributed by atoms with E-state index in [4.69, 9.17) is 4.52 Å². The van der Waals surface area contributed by atoms with Crippen LogP contribution in [0.3, 0.4) is 0 Å². The molecule has 3 aromatic rings. The highest BCUT2D eigenvalue weighted by atomic mass is 16.5. The fraction of sp³-hybridized carbons (Fsp3) is 0.300. The zero-order valence-electron chi connectivity index (χ0n) is 16.5. The van der Waals surface area contributed by atoms with Crippen molar-refractivity contribution in [1.29, 1.82) is 0 Å². The Bertz CT molecular complexity index is 948. The molecule has 0 unspecified atom stereocenters. The first-order valence-electron chi connectivity index (χ1n) is 9.20. The molecule has 0 saturated heterocycles. The van der Waals surface area contributed by atoms with Gasteiger partial charge in [0.05, 0.1) is 6.20 Å². The summed E-state index contributed by atoms with van der Waals surface area (Å²) in [4.78, 5) is 23.4. The second-order valence-corrected chi connectivity index (χ2v) is 6.28. The first kappa shape index (κ1) is 19.3. The maximum absolute atomic E-state index is 12.2. The SMILES string of the molecule is CCN(CC)c1cc(Nc2ccc(NC(=O)c3cnoc3C)cc2)nc(C)n1. The number of aryl methyl sites for hydroxylation is 2. The molecule has 2 N–H and O–H groups in total. The molecule has 0 aliphatic heterocycles. The van der Waals surface area contributed by atoms with Crippen LogP contribution in [0.1, 0.15) is 35.8 Å². The van der Waals surface area contributed by atoms with Gasteiger partial charge in [-0.1, -0.05) is 5.16 Å². The highest BCUT2D eigenvalue weighted by molar-refractivity contribution is 6.04. The standard InChI is InChI=1S/C20H24N6O2/c1-5-26(6-2)19-11-18(22-14(4)23-19)24-15-7-9-16(10-8-15)25-20(27)17-12-21-28-13(17)3/h7-12H,5-6H2,1-4H3,(H,25,27)(H,22,23,24). The van der Waals surface area contributed by atoms with Crippen molar-refractivity contribution < 1.29 is 9.32 Å². The van der Waals surface area contributed by atoms with E-state index >= 15 is 0 Å². The van der Waals surface area contributed by atoms with Crippen molar-refractivity contribution in [3.05, 3.63) is 53.7 Å². The third-order valence-electron chi connectivity index (χ3n) is 4.32. The van der Waals surface area contributed by atoms with Crippen LogP contribution in [0, 0.1) is 13.8 Å². The van der Waals surface area contributed by atoms with Gasteiger partial charge in [-0.15, -0.1) is 0 Å². The zero-order chi connectivity index (χ0) is 20.1. The van der Waals surface area contributed by atoms with Gasteiger partial charge < -0.3 is 20.1 Å². The summed E-state index contributed by atoms with van der Waals surface area (Å²) in [5, 5.41) is 9.74. The van der Waals surface area contributed by atoms with Crippen LogP contribution in [0.4, 0.5) is 23.0 Å². The Labute approximate surface area is 164 Å². The van der Waals surface area contributed by atoms with Crippen LogP contribution in [0.2, 0.25) is 0 Å². The Morgan fingerprint density at radius 3 is 2.36 bits per heavy atom. The number of anilines is 4. The van der Waals surface area contributed by atoms with Crippen LogP contribution >= 0.6 is 0 Å². The average Bonchev–Trinajstić information content (AvgIpc) is 3.10. The molecule has 0 spiro atoms. The molecule has 0 aliphatic carbocycles. The Morgan fingerprint density at radius 2 is 1.75 bits per heavy atom. The lowest BCUT2D eigenvalue weighted by Crippen LogP contribution is -2.23. The molecule has 1 aromatic carbocycles. The summed E-state index contributed by atoms with van der Waals surface area (Å²) in [7, 11) is 0. The topological polar surface area (TPSA) is 96.2 Å². The number of amides is 1. The van der Waals surface area contributed by atoms with Gasteiger partial charge in [0.2, 0.25) is 0 Å². The van der Waals surface area contributed by atoms with Crippen molar-refractivity contribution in [2.45, 2.75) is 27.7 Å². The van der Waals surface area contributed by atoms with E-state index in [0.29, 0.717) is 22.8 Å². The molecule has 0 aliphatic rings. The fourth-order valence-corrected chi connectivity index (χ4v) is 2.83. The average molecular weight is 380 g/mol. The summed E-state index contributed by atoms with van der Waals surface area (Å²) in [6.45, 7) is 9.54. The largest absolute Gasteiger partial charge is 0.361 e. The molecule has 0 atom stereocenters. The Balaban J connectivity index is 1.71. The Morgan fingerprint density at radius 1 is 1.07 bits per heavy atom. The van der Waals surface area contributed by atoms with Crippen molar-refractivity contribution in [3.8, 4) is 0 Å². The van der Waals surface area contributed by atoms with Gasteiger partial charge in [-0.25, -0.2) is 9.97 Å². The number of hydrogen-bond acceptors (Lipinski definition) is 7. The van der Waals surface area contributed by atoms with Crippen molar-refractivity contribution in [1.82, 2.24) is 15.1 Å². The lowest BCUT2D eigenvalue weighted by atomic mass is 10.2. The molecule has 28 heavy (non-hydrogen) atoms. The van der Waals surface area contributed by atoms with Crippen molar-refractivity contribution >= 4 is 28.9 Å². The van der Waals surface area contributed by atoms with Crippen LogP contribution in [0.25, 0.3) is 0 Å². The van der Waals surface area contributed by atoms with E-state index in [1.807, 2.05) is 37.3 Å². The van der Waals surface area contributed by atoms with Gasteiger partial charge in [0.25, 0.3) is 5.91 Å². The number of nitrogens with one attached hydrogen (secondary N) is 2. The first-order chi connectivity index (χ1) is 13.5. The molecule has 2 heterocycles. The number of rotatable bonds is 7. The van der Waals surface area contributed by atoms with Crippen LogP contribution in [0.15, 0.2) is 41.1 Å². The Kier molecular flexibility index (Phi) is 5.88. The number of nitrogens with zero attached hydrogens (tertiary/aromatic N) is 4. The van der Waals surface area contributed by atoms with Gasteiger partial charge in [-0.2, -0.15) is 0 Å². The number of carbonyl (C=O) groups is 1. The van der Waals surface area contributed by atoms with E-state index in [-0.39, 0.29) is 5.91 Å². The summed E-state index contributed by atoms with van der Waals surface area (Å²) in [5.74, 6) is 2.56. The van der Waals surface area contributed by atoms with Gasteiger partial charge in [0.1, 0.15) is 28.8 Å². The van der Waals surface area contributed by atoms with Crippen molar-refractivity contribution in [2.75, 3.05) is 28.6 Å². The third-order valence-corrected chi connectivity index (χ3v) is 4.32. The summed E-state index contributed by atoms with van der Waals surface area (Å²) in [6.07, 6.45) is 1.41. The van der Waals surface area contributed by atoms with E-state index in [2.05, 4.69) is 44.5 Å². The van der Waals surface area contributed by atoms with E-state index in [1.54, 1.807) is 6.92 Å². The molecule has 0 fully saturated rings. The van der Waals surface area contributed by atoms with Crippen molar-refractivity contribution in [2.24, 2.45) is 0 Å². The molecule has 2 aromatic heterocycles. The zero-order valence-corrected chi connectivity index (χ0v) is 16.5. The summed E-state index contributed by atoms with van der Waals surface area (Å²) >= 11 is 0. The van der Waals surface area contributed by atoms with E-state index < -0.39 is 0 Å². The van der Waals surface area contributed by atoms with E-state index in [1.165, 1.54) is 6.20 Å². The molecule has 146 valence electrons. The third kappa shape index (κ3) is 4.46. The van der Waals surface area contributed by atoms with Gasteiger partial charge >= 0.3 is 0 Å². The van der Waals surface area contributed by atoms with E-state index in [0.717, 1.165) is 30.4 Å². The summed E-state index contributed by atoms with van der Waals surface area (Å²) in [6, 6.07) is 9.34. The van der Waals surface area contributed by atoms with Crippen LogP contribution < -0.4 is 15.5 Å². The minimum absolute atomic E-state index is 0.255. The molecule has 1 amide bonds. The molecule has 0 saturated carbocycles. The quantitative estimate of drug-likeness (QED) is 0.641. The Hall–Kier alpha value is -3.42. The van der Waals surface area contributed by atoms with Crippen molar-refractivity contribution in [3.63, 3.8) is 0 Å². The maximum Gasteiger partial charge on any atom is 0.260 e. The first-order valence-corrected chi connectivity index (χ1v) is 9.20. The van der Waals surface area contributed by atoms with Crippen LogP contribution in [-0.4, -0.2) is 34.1 Å². The minimum atomic E-state index is -0.255. The number of aromatic nitrogens is 3. The van der Waals surface area contributed by atoms with Crippen LogP contribution in [0.5, 0.6) is 0 Å². The predicted octanol–water partition coefficient (Wildman–Crippen LogP) is 3.92. The lowest BCUT2D eigenvalue weighted by Gasteiger charge is -2.20. The highest BCUT2D eigenvalue weighted by Crippen LogP contribution is 2.21. The van der Waals surface area contributed by atoms with Gasteiger partial charge in [0, 0.05) is 30.5 Å². The molecule has 0 bridgehead atoms. The molecule has 8 heteroatoms. The fourth-order valence-electron chi connectivity index (χ4n) is 2.83. The van der Waals surface area contributed by atoms with Gasteiger partial charge in [-0.05, 0) is 52.0 Å². The second kappa shape index (κ2) is 8.51. The molecular weight excluding hydrogens is 356 g/mol. The predicted molar refractivity (Wildman–Crippen MR) is 109 cm³/mol. The highest BCUT2D eigenvalue weighted by Gasteiger charge is 2.13. The molecule has 3 rings (SSSR count). The monoisotopic (exact) mass is 380 g/mol. The minimum Gasteiger partial charge on any atom is -0.361 e. The summed E-state index contributed by atoms with van der Waals surface area (Å²) < 4.78 is 4.92. The molecule has 0 radical (unpaired) electrons. The van der Waals surface area contributed by atoms with Crippen LogP contribution in [-0.2, 0) is 0 Å². The number of hydrogen-bond donors (Lipinski definition) is 2. The van der Waals surface area contributed by atoms with Gasteiger partial charge in [-0.3, -0.25) is 4.79 Å². The molecule has 8 nitrogen and oxygen atoms in total. The molecular formula is C20H24N6O2. The lowest BCUT2D eigenvalue weighted by molar-refractivity contribution is 0.102. The smallest absolute Gasteiger partial charge is 0.260 e. The van der Waals surface area contributed by atoms with E-state index in [9.17, 15) is 4.79 Å². The summed E-state index contributed by atoms with van der Waals surface area (Å²) in [5.41, 5.74) is 1.96. The second-order valence-electron chi connectivity index (χ2n) is 6.28. The maximum atomic E-state index is 12.2. The number of carbonyl (C=O) groups excluding carboxylic acids is 1. The van der Waals surface area contributed by atoms with Gasteiger partial charge in [0.15, 0.2) is 0 Å². The number of benzene rings is 1.